The van der Waals surface area contributed by atoms with Crippen molar-refractivity contribution in [3.63, 3.8) is 0 Å². The first-order valence-corrected chi connectivity index (χ1v) is 11.0. The standard InChI is InChI=1S/C31H25N/c1-24-16-20-28(21-17-24)32(29-22-18-26(19-23-29)25-10-4-2-5-11-25)31-15-9-8-14-30(31)27-12-6-3-7-13-27/h2-23H,1H3. The first kappa shape index (κ1) is 19.8. The quantitative estimate of drug-likeness (QED) is 0.279. The molecule has 0 aliphatic carbocycles. The molecule has 0 aromatic heterocycles. The highest BCUT2D eigenvalue weighted by Gasteiger charge is 2.16. The highest BCUT2D eigenvalue weighted by atomic mass is 15.1. The lowest BCUT2D eigenvalue weighted by Gasteiger charge is -2.28. The third-order valence-electron chi connectivity index (χ3n) is 5.75. The molecule has 0 atom stereocenters. The predicted molar refractivity (Wildman–Crippen MR) is 137 cm³/mol. The molecule has 0 amide bonds. The molecule has 0 bridgehead atoms. The van der Waals surface area contributed by atoms with Crippen LogP contribution in [0.1, 0.15) is 5.56 Å². The molecule has 5 aromatic carbocycles. The van der Waals surface area contributed by atoms with Crippen molar-refractivity contribution in [3.05, 3.63) is 139 Å². The number of para-hydroxylation sites is 1. The van der Waals surface area contributed by atoms with E-state index < -0.39 is 0 Å². The van der Waals surface area contributed by atoms with Crippen molar-refractivity contribution in [2.45, 2.75) is 6.92 Å². The second-order valence-electron chi connectivity index (χ2n) is 7.97. The van der Waals surface area contributed by atoms with Crippen LogP contribution in [0.5, 0.6) is 0 Å². The summed E-state index contributed by atoms with van der Waals surface area (Å²) in [6.45, 7) is 2.13. The summed E-state index contributed by atoms with van der Waals surface area (Å²) in [4.78, 5) is 2.34. The van der Waals surface area contributed by atoms with E-state index in [0.29, 0.717) is 0 Å². The molecule has 0 saturated carbocycles. The third kappa shape index (κ3) is 4.06. The highest BCUT2D eigenvalue weighted by molar-refractivity contribution is 5.88. The van der Waals surface area contributed by atoms with Gasteiger partial charge in [-0.3, -0.25) is 0 Å². The van der Waals surface area contributed by atoms with Gasteiger partial charge in [0, 0.05) is 16.9 Å². The van der Waals surface area contributed by atoms with Gasteiger partial charge in [-0.1, -0.05) is 109 Å². The first-order valence-electron chi connectivity index (χ1n) is 11.0. The zero-order chi connectivity index (χ0) is 21.8. The zero-order valence-electron chi connectivity index (χ0n) is 18.1. The van der Waals surface area contributed by atoms with Crippen molar-refractivity contribution in [1.29, 1.82) is 0 Å². The van der Waals surface area contributed by atoms with Gasteiger partial charge in [0.15, 0.2) is 0 Å². The lowest BCUT2D eigenvalue weighted by Crippen LogP contribution is -2.11. The molecule has 0 fully saturated rings. The fraction of sp³-hybridized carbons (Fsp3) is 0.0323. The van der Waals surface area contributed by atoms with Gasteiger partial charge in [0.2, 0.25) is 0 Å². The lowest BCUT2D eigenvalue weighted by molar-refractivity contribution is 1.27. The third-order valence-corrected chi connectivity index (χ3v) is 5.75. The van der Waals surface area contributed by atoms with Gasteiger partial charge in [-0.2, -0.15) is 0 Å². The molecule has 0 aliphatic rings. The first-order chi connectivity index (χ1) is 15.8. The Balaban J connectivity index is 1.64. The van der Waals surface area contributed by atoms with E-state index in [1.165, 1.54) is 27.8 Å². The van der Waals surface area contributed by atoms with Gasteiger partial charge >= 0.3 is 0 Å². The fourth-order valence-electron chi connectivity index (χ4n) is 4.09. The smallest absolute Gasteiger partial charge is 0.0540 e. The van der Waals surface area contributed by atoms with E-state index in [9.17, 15) is 0 Å². The largest absolute Gasteiger partial charge is 0.310 e. The van der Waals surface area contributed by atoms with Crippen molar-refractivity contribution in [2.24, 2.45) is 0 Å². The van der Waals surface area contributed by atoms with Crippen LogP contribution in [0.15, 0.2) is 133 Å². The SMILES string of the molecule is Cc1ccc(N(c2ccc(-c3ccccc3)cc2)c2ccccc2-c2ccccc2)cc1. The molecular formula is C31H25N. The number of anilines is 3. The minimum atomic E-state index is 1.14. The van der Waals surface area contributed by atoms with E-state index in [0.717, 1.165) is 17.1 Å². The van der Waals surface area contributed by atoms with Gasteiger partial charge in [0.25, 0.3) is 0 Å². The molecule has 5 aromatic rings. The van der Waals surface area contributed by atoms with Crippen LogP contribution >= 0.6 is 0 Å². The molecule has 0 spiro atoms. The highest BCUT2D eigenvalue weighted by Crippen LogP contribution is 2.41. The summed E-state index contributed by atoms with van der Waals surface area (Å²) in [5.74, 6) is 0. The Labute approximate surface area is 190 Å². The maximum absolute atomic E-state index is 2.34. The summed E-state index contributed by atoms with van der Waals surface area (Å²) in [5.41, 5.74) is 9.56. The van der Waals surface area contributed by atoms with Gasteiger partial charge in [-0.25, -0.2) is 0 Å². The number of nitrogens with zero attached hydrogens (tertiary/aromatic N) is 1. The van der Waals surface area contributed by atoms with Gasteiger partial charge in [0.05, 0.1) is 5.69 Å². The molecule has 32 heavy (non-hydrogen) atoms. The van der Waals surface area contributed by atoms with Crippen molar-refractivity contribution in [3.8, 4) is 22.3 Å². The van der Waals surface area contributed by atoms with E-state index >= 15 is 0 Å². The average Bonchev–Trinajstić information content (AvgIpc) is 2.87. The lowest BCUT2D eigenvalue weighted by atomic mass is 10.0. The fourth-order valence-corrected chi connectivity index (χ4v) is 4.09. The van der Waals surface area contributed by atoms with Crippen molar-refractivity contribution in [1.82, 2.24) is 0 Å². The number of rotatable bonds is 5. The Morgan fingerprint density at radius 2 is 0.875 bits per heavy atom. The minimum Gasteiger partial charge on any atom is -0.310 e. The van der Waals surface area contributed by atoms with Crippen molar-refractivity contribution < 1.29 is 0 Å². The van der Waals surface area contributed by atoms with E-state index in [-0.39, 0.29) is 0 Å². The average molecular weight is 412 g/mol. The van der Waals surface area contributed by atoms with Gasteiger partial charge in [-0.05, 0) is 53.9 Å². The zero-order valence-corrected chi connectivity index (χ0v) is 18.1. The number of benzene rings is 5. The Kier molecular flexibility index (Phi) is 5.55. The number of hydrogen-bond acceptors (Lipinski definition) is 1. The van der Waals surface area contributed by atoms with E-state index in [1.807, 2.05) is 0 Å². The van der Waals surface area contributed by atoms with Crippen LogP contribution < -0.4 is 4.90 Å². The summed E-state index contributed by atoms with van der Waals surface area (Å²) in [6, 6.07) is 47.3. The normalized spacial score (nSPS) is 10.7. The van der Waals surface area contributed by atoms with Crippen molar-refractivity contribution in [2.75, 3.05) is 4.90 Å². The van der Waals surface area contributed by atoms with Crippen LogP contribution in [0, 0.1) is 6.92 Å². The Hall–Kier alpha value is -4.10. The second-order valence-corrected chi connectivity index (χ2v) is 7.97. The molecule has 1 nitrogen and oxygen atoms in total. The molecule has 154 valence electrons. The molecule has 0 aliphatic heterocycles. The Morgan fingerprint density at radius 3 is 1.50 bits per heavy atom. The maximum atomic E-state index is 2.34. The second kappa shape index (κ2) is 8.95. The summed E-state index contributed by atoms with van der Waals surface area (Å²) in [7, 11) is 0. The van der Waals surface area contributed by atoms with Crippen LogP contribution in [0.25, 0.3) is 22.3 Å². The topological polar surface area (TPSA) is 3.24 Å². The molecule has 0 heterocycles. The monoisotopic (exact) mass is 411 g/mol. The molecule has 5 rings (SSSR count). The van der Waals surface area contributed by atoms with Crippen LogP contribution in [0.2, 0.25) is 0 Å². The van der Waals surface area contributed by atoms with Crippen molar-refractivity contribution >= 4 is 17.1 Å². The molecule has 1 heteroatoms. The van der Waals surface area contributed by atoms with Crippen LogP contribution in [0.3, 0.4) is 0 Å². The predicted octanol–water partition coefficient (Wildman–Crippen LogP) is 8.80. The van der Waals surface area contributed by atoms with Crippen LogP contribution in [-0.4, -0.2) is 0 Å². The molecule has 0 radical (unpaired) electrons. The summed E-state index contributed by atoms with van der Waals surface area (Å²) in [6.07, 6.45) is 0. The Bertz CT molecular complexity index is 1290. The van der Waals surface area contributed by atoms with Gasteiger partial charge in [-0.15, -0.1) is 0 Å². The minimum absolute atomic E-state index is 1.14. The molecular weight excluding hydrogens is 386 g/mol. The summed E-state index contributed by atoms with van der Waals surface area (Å²) < 4.78 is 0. The summed E-state index contributed by atoms with van der Waals surface area (Å²) in [5, 5.41) is 0. The maximum Gasteiger partial charge on any atom is 0.0540 e. The van der Waals surface area contributed by atoms with E-state index in [1.54, 1.807) is 0 Å². The number of hydrogen-bond donors (Lipinski definition) is 0. The van der Waals surface area contributed by atoms with Gasteiger partial charge < -0.3 is 4.90 Å². The van der Waals surface area contributed by atoms with E-state index in [2.05, 4.69) is 145 Å². The van der Waals surface area contributed by atoms with Gasteiger partial charge in [0.1, 0.15) is 0 Å². The van der Waals surface area contributed by atoms with E-state index in [4.69, 9.17) is 0 Å². The molecule has 0 N–H and O–H groups in total. The molecule has 0 saturated heterocycles. The number of aryl methyl sites for hydroxylation is 1. The Morgan fingerprint density at radius 1 is 0.406 bits per heavy atom. The molecule has 0 unspecified atom stereocenters. The summed E-state index contributed by atoms with van der Waals surface area (Å²) >= 11 is 0. The van der Waals surface area contributed by atoms with Crippen LogP contribution in [-0.2, 0) is 0 Å². The van der Waals surface area contributed by atoms with Crippen LogP contribution in [0.4, 0.5) is 17.1 Å².